The molecule has 2 aromatic heterocycles. The number of aromatic amines is 1. The van der Waals surface area contributed by atoms with Gasteiger partial charge in [-0.15, -0.1) is 5.10 Å². The highest BCUT2D eigenvalue weighted by molar-refractivity contribution is 6.02. The molecular formula is C21H14F2N6O2. The van der Waals surface area contributed by atoms with Crippen LogP contribution in [0.25, 0.3) is 33.6 Å². The molecule has 1 amide bonds. The standard InChI is InChI=1S/C21H14F2N6O2/c22-12-7-13-16(20-28-29-21(31-20)26-15-5-6-25-19(15)30)17(27-18(13)14(23)8-12)11-3-1-10(9-24)2-4-11/h1-4,7-8,15,27H,5-6H2,(H,25,30)(H,26,29). The molecule has 1 atom stereocenters. The van der Waals surface area contributed by atoms with Crippen molar-refractivity contribution < 1.29 is 18.0 Å². The van der Waals surface area contributed by atoms with Crippen LogP contribution < -0.4 is 10.6 Å². The summed E-state index contributed by atoms with van der Waals surface area (Å²) in [5, 5.41) is 22.8. The lowest BCUT2D eigenvalue weighted by molar-refractivity contribution is -0.119. The molecule has 2 aromatic carbocycles. The van der Waals surface area contributed by atoms with Gasteiger partial charge in [0.05, 0.1) is 28.4 Å². The second-order valence-electron chi connectivity index (χ2n) is 7.06. The average molecular weight is 420 g/mol. The van der Waals surface area contributed by atoms with E-state index in [-0.39, 0.29) is 28.7 Å². The van der Waals surface area contributed by atoms with Crippen molar-refractivity contribution in [3.63, 3.8) is 0 Å². The first-order valence-corrected chi connectivity index (χ1v) is 9.43. The molecule has 1 saturated heterocycles. The van der Waals surface area contributed by atoms with Crippen molar-refractivity contribution in [3.8, 4) is 28.8 Å². The van der Waals surface area contributed by atoms with Gasteiger partial charge in [-0.1, -0.05) is 17.2 Å². The van der Waals surface area contributed by atoms with Crippen LogP contribution in [0.15, 0.2) is 40.8 Å². The molecule has 31 heavy (non-hydrogen) atoms. The number of anilines is 1. The second-order valence-corrected chi connectivity index (χ2v) is 7.06. The molecular weight excluding hydrogens is 406 g/mol. The van der Waals surface area contributed by atoms with Gasteiger partial charge >= 0.3 is 6.01 Å². The normalized spacial score (nSPS) is 15.8. The molecule has 1 fully saturated rings. The van der Waals surface area contributed by atoms with Crippen LogP contribution in [0.1, 0.15) is 12.0 Å². The van der Waals surface area contributed by atoms with Crippen LogP contribution in [-0.4, -0.2) is 33.7 Å². The number of hydrogen-bond acceptors (Lipinski definition) is 6. The summed E-state index contributed by atoms with van der Waals surface area (Å²) in [6.45, 7) is 0.543. The molecule has 154 valence electrons. The third-order valence-corrected chi connectivity index (χ3v) is 5.11. The molecule has 0 spiro atoms. The van der Waals surface area contributed by atoms with E-state index in [2.05, 4.69) is 25.8 Å². The van der Waals surface area contributed by atoms with Gasteiger partial charge in [0.15, 0.2) is 0 Å². The van der Waals surface area contributed by atoms with Gasteiger partial charge in [-0.3, -0.25) is 4.79 Å². The molecule has 8 nitrogen and oxygen atoms in total. The SMILES string of the molecule is N#Cc1ccc(-c2[nH]c3c(F)cc(F)cc3c2-c2nnc(NC3CCNC3=O)o2)cc1. The molecule has 1 unspecified atom stereocenters. The lowest BCUT2D eigenvalue weighted by Crippen LogP contribution is -2.29. The highest BCUT2D eigenvalue weighted by Crippen LogP contribution is 2.39. The summed E-state index contributed by atoms with van der Waals surface area (Å²) in [6, 6.07) is 10.1. The van der Waals surface area contributed by atoms with Gasteiger partial charge in [-0.05, 0) is 30.2 Å². The highest BCUT2D eigenvalue weighted by Gasteiger charge is 2.27. The average Bonchev–Trinajstić information content (AvgIpc) is 3.47. The second kappa shape index (κ2) is 7.21. The van der Waals surface area contributed by atoms with Crippen LogP contribution in [0.5, 0.6) is 0 Å². The zero-order valence-electron chi connectivity index (χ0n) is 15.9. The minimum atomic E-state index is -0.767. The topological polar surface area (TPSA) is 120 Å². The molecule has 1 aliphatic rings. The summed E-state index contributed by atoms with van der Waals surface area (Å²) in [5.41, 5.74) is 1.90. The summed E-state index contributed by atoms with van der Waals surface area (Å²) in [7, 11) is 0. The molecule has 4 aromatic rings. The van der Waals surface area contributed by atoms with Crippen molar-refractivity contribution in [3.05, 3.63) is 53.6 Å². The first-order chi connectivity index (χ1) is 15.0. The predicted octanol–water partition coefficient (Wildman–Crippen LogP) is 3.34. The maximum atomic E-state index is 14.5. The lowest BCUT2D eigenvalue weighted by Gasteiger charge is -2.05. The number of benzene rings is 2. The van der Waals surface area contributed by atoms with Crippen molar-refractivity contribution in [2.75, 3.05) is 11.9 Å². The first kappa shape index (κ1) is 18.7. The fourth-order valence-corrected chi connectivity index (χ4v) is 3.63. The maximum Gasteiger partial charge on any atom is 0.316 e. The first-order valence-electron chi connectivity index (χ1n) is 9.43. The number of carbonyl (C=O) groups excluding carboxylic acids is 1. The summed E-state index contributed by atoms with van der Waals surface area (Å²) in [6.07, 6.45) is 0.566. The zero-order valence-corrected chi connectivity index (χ0v) is 15.9. The third kappa shape index (κ3) is 3.26. The molecule has 0 radical (unpaired) electrons. The summed E-state index contributed by atoms with van der Waals surface area (Å²) in [5.74, 6) is -1.67. The Hall–Kier alpha value is -4.26. The van der Waals surface area contributed by atoms with Crippen molar-refractivity contribution in [1.82, 2.24) is 20.5 Å². The van der Waals surface area contributed by atoms with Gasteiger partial charge in [-0.25, -0.2) is 8.78 Å². The molecule has 0 saturated carbocycles. The van der Waals surface area contributed by atoms with Crippen LogP contribution in [0.2, 0.25) is 0 Å². The number of nitrogens with one attached hydrogen (secondary N) is 3. The Kier molecular flexibility index (Phi) is 4.36. The van der Waals surface area contributed by atoms with Crippen molar-refractivity contribution in [2.24, 2.45) is 0 Å². The monoisotopic (exact) mass is 420 g/mol. The van der Waals surface area contributed by atoms with Crippen LogP contribution in [-0.2, 0) is 4.79 Å². The zero-order chi connectivity index (χ0) is 21.5. The number of fused-ring (bicyclic) bond motifs is 1. The van der Waals surface area contributed by atoms with Crippen LogP contribution in [0.4, 0.5) is 14.8 Å². The lowest BCUT2D eigenvalue weighted by atomic mass is 10.0. The highest BCUT2D eigenvalue weighted by atomic mass is 19.1. The van der Waals surface area contributed by atoms with E-state index in [1.54, 1.807) is 24.3 Å². The number of nitriles is 1. The van der Waals surface area contributed by atoms with Crippen molar-refractivity contribution >= 4 is 22.8 Å². The van der Waals surface area contributed by atoms with E-state index in [0.717, 1.165) is 6.07 Å². The maximum absolute atomic E-state index is 14.5. The number of aromatic nitrogens is 3. The molecule has 10 heteroatoms. The van der Waals surface area contributed by atoms with Gasteiger partial charge in [0.2, 0.25) is 5.91 Å². The van der Waals surface area contributed by atoms with Crippen LogP contribution in [0, 0.1) is 23.0 Å². The largest absolute Gasteiger partial charge is 0.403 e. The summed E-state index contributed by atoms with van der Waals surface area (Å²) in [4.78, 5) is 14.7. The fraction of sp³-hybridized carbons (Fsp3) is 0.143. The Bertz CT molecular complexity index is 1350. The molecule has 1 aliphatic heterocycles. The minimum absolute atomic E-state index is 0.0223. The molecule has 3 heterocycles. The fourth-order valence-electron chi connectivity index (χ4n) is 3.63. The summed E-state index contributed by atoms with van der Waals surface area (Å²) >= 11 is 0. The Labute approximate surface area is 173 Å². The van der Waals surface area contributed by atoms with E-state index in [1.807, 2.05) is 6.07 Å². The van der Waals surface area contributed by atoms with E-state index in [0.29, 0.717) is 35.3 Å². The third-order valence-electron chi connectivity index (χ3n) is 5.11. The van der Waals surface area contributed by atoms with Gasteiger partial charge in [0.25, 0.3) is 5.89 Å². The van der Waals surface area contributed by atoms with Crippen LogP contribution in [0.3, 0.4) is 0 Å². The number of halogens is 2. The number of amides is 1. The molecule has 0 aliphatic carbocycles. The Balaban J connectivity index is 1.64. The minimum Gasteiger partial charge on any atom is -0.403 e. The predicted molar refractivity (Wildman–Crippen MR) is 107 cm³/mol. The van der Waals surface area contributed by atoms with E-state index in [4.69, 9.17) is 9.68 Å². The van der Waals surface area contributed by atoms with E-state index in [1.165, 1.54) is 6.07 Å². The smallest absolute Gasteiger partial charge is 0.316 e. The summed E-state index contributed by atoms with van der Waals surface area (Å²) < 4.78 is 34.2. The van der Waals surface area contributed by atoms with E-state index >= 15 is 0 Å². The molecule has 3 N–H and O–H groups in total. The number of H-pyrrole nitrogens is 1. The number of nitrogens with zero attached hydrogens (tertiary/aromatic N) is 3. The number of carbonyl (C=O) groups is 1. The van der Waals surface area contributed by atoms with Gasteiger partial charge in [0.1, 0.15) is 17.7 Å². The van der Waals surface area contributed by atoms with Crippen molar-refractivity contribution in [2.45, 2.75) is 12.5 Å². The van der Waals surface area contributed by atoms with E-state index < -0.39 is 17.7 Å². The number of hydrogen-bond donors (Lipinski definition) is 3. The van der Waals surface area contributed by atoms with Crippen molar-refractivity contribution in [1.29, 1.82) is 5.26 Å². The van der Waals surface area contributed by atoms with E-state index in [9.17, 15) is 13.6 Å². The Morgan fingerprint density at radius 1 is 1.19 bits per heavy atom. The number of rotatable bonds is 4. The molecule has 0 bridgehead atoms. The molecule has 5 rings (SSSR count). The quantitative estimate of drug-likeness (QED) is 0.466. The van der Waals surface area contributed by atoms with Gasteiger partial charge < -0.3 is 20.0 Å². The van der Waals surface area contributed by atoms with Gasteiger partial charge in [-0.2, -0.15) is 5.26 Å². The Morgan fingerprint density at radius 2 is 2.00 bits per heavy atom. The Morgan fingerprint density at radius 3 is 2.71 bits per heavy atom. The van der Waals surface area contributed by atoms with Gasteiger partial charge in [0, 0.05) is 18.0 Å². The van der Waals surface area contributed by atoms with Crippen LogP contribution >= 0.6 is 0 Å².